The summed E-state index contributed by atoms with van der Waals surface area (Å²) in [4.78, 5) is 79.0. The molecule has 2 bridgehead atoms. The predicted octanol–water partition coefficient (Wildman–Crippen LogP) is 8.10. The minimum absolute atomic E-state index is 0.00322. The van der Waals surface area contributed by atoms with E-state index in [4.69, 9.17) is 33.9 Å². The van der Waals surface area contributed by atoms with E-state index in [1.54, 1.807) is 29.3 Å². The van der Waals surface area contributed by atoms with Crippen molar-refractivity contribution in [3.63, 3.8) is 0 Å². The number of aryl methyl sites for hydroxylation is 1. The number of halogens is 2. The molecule has 20 heteroatoms. The number of pyridine rings is 1. The Balaban J connectivity index is 0.725. The molecule has 81 heavy (non-hydrogen) atoms. The first-order valence-corrected chi connectivity index (χ1v) is 29.0. The zero-order valence-corrected chi connectivity index (χ0v) is 47.5. The fourth-order valence-electron chi connectivity index (χ4n) is 13.5. The lowest BCUT2D eigenvalue weighted by molar-refractivity contribution is -0.136. The Bertz CT molecular complexity index is 3290. The molecule has 18 nitrogen and oxygen atoms in total. The summed E-state index contributed by atoms with van der Waals surface area (Å²) in [6, 6.07) is 11.7. The number of aromatic nitrogens is 3. The molecular formula is C61H74F2N10O8. The number of piperidine rings is 2. The van der Waals surface area contributed by atoms with Crippen LogP contribution in [0.4, 0.5) is 25.1 Å². The van der Waals surface area contributed by atoms with Gasteiger partial charge in [-0.05, 0) is 149 Å². The summed E-state index contributed by atoms with van der Waals surface area (Å²) >= 11 is 0. The van der Waals surface area contributed by atoms with Crippen molar-refractivity contribution in [2.45, 2.75) is 123 Å². The van der Waals surface area contributed by atoms with Crippen LogP contribution in [-0.2, 0) is 32.0 Å². The van der Waals surface area contributed by atoms with E-state index in [1.165, 1.54) is 13.2 Å². The highest BCUT2D eigenvalue weighted by Gasteiger charge is 2.48. The predicted molar refractivity (Wildman–Crippen MR) is 301 cm³/mol. The van der Waals surface area contributed by atoms with E-state index in [0.29, 0.717) is 83.5 Å². The van der Waals surface area contributed by atoms with E-state index in [-0.39, 0.29) is 71.3 Å². The molecule has 6 aliphatic heterocycles. The minimum Gasteiger partial charge on any atom is -0.468 e. The second-order valence-electron chi connectivity index (χ2n) is 25.1. The van der Waals surface area contributed by atoms with E-state index >= 15 is 8.78 Å². The van der Waals surface area contributed by atoms with E-state index in [0.717, 1.165) is 102 Å². The summed E-state index contributed by atoms with van der Waals surface area (Å²) < 4.78 is 56.9. The lowest BCUT2D eigenvalue weighted by Gasteiger charge is -2.45. The summed E-state index contributed by atoms with van der Waals surface area (Å²) in [5, 5.41) is 4.01. The van der Waals surface area contributed by atoms with Crippen molar-refractivity contribution in [3.8, 4) is 23.0 Å². The van der Waals surface area contributed by atoms with Gasteiger partial charge in [-0.1, -0.05) is 19.9 Å². The second kappa shape index (κ2) is 21.5. The standard InChI is InChI=1S/C61H74F2N10O8/c1-7-43-47(62)13-8-37-27-42(80-36-78-6)28-45(50(37)43)52-51(63)53-46(29-64-52)54(71-31-40-9-10-41(32-71)73(40)58(77)81-59(2,3)4)67-57(66-53)79-35-61(16-17-61)34-68-20-18-60(5,19-21-68)33-69-22-24-70(25-23-69)39-11-12-44-38(26-39)30-72(56(44)76)48-14-15-49(74)65-55(48)75/h8,11-13,26-29,40-41,48H,7,9-10,14-25,30-36H2,1-6H3,(H,65,74,75)/t40?,41?,48-/m0/s1. The Hall–Kier alpha value is -6.77. The average molecular weight is 1110 g/mol. The largest absolute Gasteiger partial charge is 0.468 e. The van der Waals surface area contributed by atoms with Gasteiger partial charge in [-0.25, -0.2) is 13.6 Å². The third kappa shape index (κ3) is 10.9. The van der Waals surface area contributed by atoms with Gasteiger partial charge in [0.15, 0.2) is 12.6 Å². The van der Waals surface area contributed by atoms with Crippen molar-refractivity contribution in [1.82, 2.24) is 39.9 Å². The third-order valence-corrected chi connectivity index (χ3v) is 18.1. The van der Waals surface area contributed by atoms with Crippen LogP contribution in [0.5, 0.6) is 11.8 Å². The first kappa shape index (κ1) is 54.8. The van der Waals surface area contributed by atoms with Crippen LogP contribution in [0.3, 0.4) is 0 Å². The number of nitrogens with zero attached hydrogens (tertiary/aromatic N) is 9. The van der Waals surface area contributed by atoms with E-state index in [1.807, 2.05) is 44.7 Å². The Morgan fingerprint density at radius 1 is 0.840 bits per heavy atom. The normalized spacial score (nSPS) is 22.9. The number of hydrogen-bond acceptors (Lipinski definition) is 15. The van der Waals surface area contributed by atoms with Crippen molar-refractivity contribution >= 4 is 57.0 Å². The van der Waals surface area contributed by atoms with Crippen LogP contribution in [-0.4, -0.2) is 168 Å². The van der Waals surface area contributed by atoms with Crippen molar-refractivity contribution in [1.29, 1.82) is 0 Å². The number of amides is 4. The molecule has 7 aliphatic rings. The Morgan fingerprint density at radius 3 is 2.27 bits per heavy atom. The molecule has 430 valence electrons. The number of piperazine rings is 2. The van der Waals surface area contributed by atoms with Crippen LogP contribution in [0.1, 0.15) is 107 Å². The number of nitrogens with one attached hydrogen (secondary N) is 1. The Morgan fingerprint density at radius 2 is 1.58 bits per heavy atom. The first-order valence-electron chi connectivity index (χ1n) is 29.0. The van der Waals surface area contributed by atoms with Gasteiger partial charge >= 0.3 is 12.1 Å². The van der Waals surface area contributed by atoms with E-state index < -0.39 is 29.2 Å². The quantitative estimate of drug-likeness (QED) is 0.0786. The molecule has 1 N–H and O–H groups in total. The van der Waals surface area contributed by atoms with Crippen LogP contribution < -0.4 is 24.6 Å². The molecule has 2 aromatic heterocycles. The number of rotatable bonds is 15. The monoisotopic (exact) mass is 1110 g/mol. The van der Waals surface area contributed by atoms with Crippen LogP contribution in [0.2, 0.25) is 0 Å². The molecule has 4 amide bonds. The third-order valence-electron chi connectivity index (χ3n) is 18.1. The van der Waals surface area contributed by atoms with Gasteiger partial charge in [0.2, 0.25) is 11.8 Å². The molecule has 0 spiro atoms. The summed E-state index contributed by atoms with van der Waals surface area (Å²) in [6.07, 6.45) is 7.93. The Labute approximate surface area is 471 Å². The zero-order chi connectivity index (χ0) is 56.5. The van der Waals surface area contributed by atoms with Gasteiger partial charge in [0.05, 0.1) is 24.1 Å². The number of carbonyl (C=O) groups is 4. The van der Waals surface area contributed by atoms with Crippen molar-refractivity contribution in [2.75, 3.05) is 95.8 Å². The van der Waals surface area contributed by atoms with Gasteiger partial charge in [-0.3, -0.25) is 34.5 Å². The van der Waals surface area contributed by atoms with Crippen LogP contribution in [0.25, 0.3) is 32.9 Å². The molecule has 12 rings (SSSR count). The zero-order valence-electron chi connectivity index (χ0n) is 47.5. The molecule has 1 aliphatic carbocycles. The SMILES string of the molecule is CCc1c(F)ccc2cc(OCOC)cc(-c3ncc4c(N5CC6CCC(C5)N6C(=O)OC(C)(C)C)nc(OCC5(CN6CCC(C)(CN7CCN(c8ccc9c(c8)CN([C@H]8CCC(=O)NC8=O)C9=O)CC7)CC6)CC5)nc4c3F)c12. The number of anilines is 2. The molecule has 5 saturated heterocycles. The number of likely N-dealkylation sites (tertiary alicyclic amines) is 1. The molecule has 0 radical (unpaired) electrons. The maximum atomic E-state index is 17.7. The summed E-state index contributed by atoms with van der Waals surface area (Å²) in [5.74, 6) is -1.02. The molecule has 3 aromatic carbocycles. The number of fused-ring (bicyclic) bond motifs is 5. The molecular weight excluding hydrogens is 1040 g/mol. The number of ether oxygens (including phenoxy) is 4. The first-order chi connectivity index (χ1) is 38.9. The van der Waals surface area contributed by atoms with Crippen molar-refractivity contribution in [2.24, 2.45) is 10.8 Å². The summed E-state index contributed by atoms with van der Waals surface area (Å²) in [5.41, 5.74) is 2.90. The van der Waals surface area contributed by atoms with Gasteiger partial charge in [0, 0.05) is 101 Å². The lowest BCUT2D eigenvalue weighted by Crippen LogP contribution is -2.57. The highest BCUT2D eigenvalue weighted by Crippen LogP contribution is 2.48. The Kier molecular flexibility index (Phi) is 14.6. The summed E-state index contributed by atoms with van der Waals surface area (Å²) in [6.45, 7) is 19.0. The van der Waals surface area contributed by atoms with Gasteiger partial charge < -0.3 is 38.5 Å². The number of methoxy groups -OCH3 is 1. The maximum Gasteiger partial charge on any atom is 0.410 e. The van der Waals surface area contributed by atoms with Crippen molar-refractivity contribution < 1.29 is 46.9 Å². The molecule has 1 saturated carbocycles. The van der Waals surface area contributed by atoms with Gasteiger partial charge in [-0.15, -0.1) is 0 Å². The van der Waals surface area contributed by atoms with Gasteiger partial charge in [-0.2, -0.15) is 9.97 Å². The molecule has 6 fully saturated rings. The molecule has 3 atom stereocenters. The van der Waals surface area contributed by atoms with Crippen molar-refractivity contribution in [3.05, 3.63) is 77.0 Å². The lowest BCUT2D eigenvalue weighted by atomic mass is 9.79. The molecule has 8 heterocycles. The molecule has 5 aromatic rings. The maximum absolute atomic E-state index is 17.7. The highest BCUT2D eigenvalue weighted by molar-refractivity contribution is 6.06. The average Bonchev–Trinajstić information content (AvgIpc) is 4.18. The highest BCUT2D eigenvalue weighted by atomic mass is 19.1. The fraction of sp³-hybridized carbons (Fsp3) is 0.557. The smallest absolute Gasteiger partial charge is 0.410 e. The van der Waals surface area contributed by atoms with Gasteiger partial charge in [0.25, 0.3) is 5.91 Å². The number of hydrogen-bond donors (Lipinski definition) is 1. The number of carbonyl (C=O) groups excluding carboxylic acids is 4. The summed E-state index contributed by atoms with van der Waals surface area (Å²) in [7, 11) is 1.52. The van der Waals surface area contributed by atoms with Crippen LogP contribution >= 0.6 is 0 Å². The minimum atomic E-state index is -0.688. The number of benzene rings is 3. The van der Waals surface area contributed by atoms with Gasteiger partial charge in [0.1, 0.15) is 40.2 Å². The van der Waals surface area contributed by atoms with Crippen LogP contribution in [0.15, 0.2) is 48.7 Å². The molecule has 2 unspecified atom stereocenters. The van der Waals surface area contributed by atoms with E-state index in [2.05, 4.69) is 37.9 Å². The topological polar surface area (TPSA) is 175 Å². The second-order valence-corrected chi connectivity index (χ2v) is 25.1. The van der Waals surface area contributed by atoms with E-state index in [9.17, 15) is 19.2 Å². The fourth-order valence-corrected chi connectivity index (χ4v) is 13.5. The van der Waals surface area contributed by atoms with Crippen LogP contribution in [0, 0.1) is 22.5 Å². The number of imide groups is 1.